The molecular weight excluding hydrogens is 204 g/mol. The van der Waals surface area contributed by atoms with E-state index in [1.807, 2.05) is 0 Å². The fourth-order valence-corrected chi connectivity index (χ4v) is 1.68. The Bertz CT molecular complexity index is 310. The van der Waals surface area contributed by atoms with Gasteiger partial charge in [0.2, 0.25) is 0 Å². The van der Waals surface area contributed by atoms with E-state index in [-0.39, 0.29) is 0 Å². The highest BCUT2D eigenvalue weighted by molar-refractivity contribution is 7.94. The molecule has 0 aromatic heterocycles. The average molecular weight is 220 g/mol. The molecule has 1 aromatic carbocycles. The molecule has 2 heteroatoms. The summed E-state index contributed by atoms with van der Waals surface area (Å²) in [4.78, 5) is 1.15. The molecule has 0 bridgehead atoms. The topological polar surface area (TPSA) is 9.23 Å². The summed E-state index contributed by atoms with van der Waals surface area (Å²) in [5.41, 5.74) is 1.27. The van der Waals surface area contributed by atoms with Gasteiger partial charge in [-0.15, -0.1) is 12.3 Å². The molecule has 0 radical (unpaired) electrons. The lowest BCUT2D eigenvalue weighted by Gasteiger charge is -2.02. The van der Waals surface area contributed by atoms with E-state index < -0.39 is 0 Å². The van der Waals surface area contributed by atoms with E-state index in [2.05, 4.69) is 37.1 Å². The third-order valence-electron chi connectivity index (χ3n) is 1.97. The van der Waals surface area contributed by atoms with Crippen LogP contribution in [0.25, 0.3) is 0 Å². The second kappa shape index (κ2) is 7.39. The third kappa shape index (κ3) is 5.51. The molecule has 0 aliphatic heterocycles. The SMILES string of the molecule is C#CCCCCOSc1ccc(C)cc1. The summed E-state index contributed by atoms with van der Waals surface area (Å²) in [5.74, 6) is 2.62. The van der Waals surface area contributed by atoms with Crippen LogP contribution in [0.2, 0.25) is 0 Å². The van der Waals surface area contributed by atoms with Crippen LogP contribution in [0.15, 0.2) is 29.2 Å². The zero-order valence-corrected chi connectivity index (χ0v) is 9.85. The van der Waals surface area contributed by atoms with Crippen LogP contribution >= 0.6 is 12.0 Å². The summed E-state index contributed by atoms with van der Waals surface area (Å²) in [5, 5.41) is 0. The van der Waals surface area contributed by atoms with E-state index in [1.165, 1.54) is 17.6 Å². The molecule has 0 spiro atoms. The largest absolute Gasteiger partial charge is 0.310 e. The first-order chi connectivity index (χ1) is 7.33. The molecule has 0 N–H and O–H groups in total. The Balaban J connectivity index is 2.10. The summed E-state index contributed by atoms with van der Waals surface area (Å²) in [6, 6.07) is 8.32. The first kappa shape index (κ1) is 12.2. The van der Waals surface area contributed by atoms with Crippen LogP contribution in [0, 0.1) is 19.3 Å². The lowest BCUT2D eigenvalue weighted by atomic mass is 10.2. The van der Waals surface area contributed by atoms with Crippen molar-refractivity contribution in [1.82, 2.24) is 0 Å². The number of rotatable bonds is 6. The molecule has 0 amide bonds. The normalized spacial score (nSPS) is 9.87. The lowest BCUT2D eigenvalue weighted by Crippen LogP contribution is -1.86. The van der Waals surface area contributed by atoms with Gasteiger partial charge in [0.15, 0.2) is 0 Å². The van der Waals surface area contributed by atoms with Crippen molar-refractivity contribution in [2.75, 3.05) is 6.61 Å². The fraction of sp³-hybridized carbons (Fsp3) is 0.385. The quantitative estimate of drug-likeness (QED) is 0.409. The predicted octanol–water partition coefficient (Wildman–Crippen LogP) is 3.82. The maximum Gasteiger partial charge on any atom is 0.0618 e. The Hall–Kier alpha value is -0.910. The van der Waals surface area contributed by atoms with E-state index in [1.54, 1.807) is 0 Å². The molecule has 0 saturated heterocycles. The van der Waals surface area contributed by atoms with Gasteiger partial charge in [-0.25, -0.2) is 0 Å². The summed E-state index contributed by atoms with van der Waals surface area (Å²) in [6.07, 6.45) is 8.08. The predicted molar refractivity (Wildman–Crippen MR) is 65.7 cm³/mol. The summed E-state index contributed by atoms with van der Waals surface area (Å²) in [7, 11) is 0. The number of benzene rings is 1. The van der Waals surface area contributed by atoms with Crippen molar-refractivity contribution in [3.8, 4) is 12.3 Å². The number of hydrogen-bond donors (Lipinski definition) is 0. The first-order valence-corrected chi connectivity index (χ1v) is 5.86. The Kier molecular flexibility index (Phi) is 5.99. The molecule has 80 valence electrons. The van der Waals surface area contributed by atoms with Crippen molar-refractivity contribution in [3.05, 3.63) is 29.8 Å². The standard InChI is InChI=1S/C13H16OS/c1-3-4-5-6-11-14-15-13-9-7-12(2)8-10-13/h1,7-10H,4-6,11H2,2H3. The van der Waals surface area contributed by atoms with Crippen LogP contribution < -0.4 is 0 Å². The highest BCUT2D eigenvalue weighted by Crippen LogP contribution is 2.19. The van der Waals surface area contributed by atoms with Crippen molar-refractivity contribution in [2.24, 2.45) is 0 Å². The molecule has 0 atom stereocenters. The molecule has 0 unspecified atom stereocenters. The van der Waals surface area contributed by atoms with Crippen LogP contribution in [-0.4, -0.2) is 6.61 Å². The molecular formula is C13H16OS. The van der Waals surface area contributed by atoms with Gasteiger partial charge < -0.3 is 4.18 Å². The highest BCUT2D eigenvalue weighted by Gasteiger charge is 1.94. The Labute approximate surface area is 96.4 Å². The smallest absolute Gasteiger partial charge is 0.0618 e. The van der Waals surface area contributed by atoms with Crippen LogP contribution in [0.5, 0.6) is 0 Å². The molecule has 0 heterocycles. The fourth-order valence-electron chi connectivity index (χ4n) is 1.09. The van der Waals surface area contributed by atoms with Crippen molar-refractivity contribution in [2.45, 2.75) is 31.1 Å². The summed E-state index contributed by atoms with van der Waals surface area (Å²) in [6.45, 7) is 2.84. The van der Waals surface area contributed by atoms with Gasteiger partial charge in [0, 0.05) is 23.4 Å². The molecule has 1 aromatic rings. The molecule has 0 aliphatic rings. The van der Waals surface area contributed by atoms with Gasteiger partial charge in [0.1, 0.15) is 0 Å². The van der Waals surface area contributed by atoms with Crippen LogP contribution in [0.3, 0.4) is 0 Å². The molecule has 1 nitrogen and oxygen atoms in total. The third-order valence-corrected chi connectivity index (χ3v) is 2.72. The average Bonchev–Trinajstić information content (AvgIpc) is 2.26. The van der Waals surface area contributed by atoms with Gasteiger partial charge in [0.25, 0.3) is 0 Å². The van der Waals surface area contributed by atoms with Crippen molar-refractivity contribution in [3.63, 3.8) is 0 Å². The van der Waals surface area contributed by atoms with Gasteiger partial charge in [-0.3, -0.25) is 0 Å². The maximum absolute atomic E-state index is 5.45. The Morgan fingerprint density at radius 1 is 1.27 bits per heavy atom. The van der Waals surface area contributed by atoms with Crippen molar-refractivity contribution in [1.29, 1.82) is 0 Å². The van der Waals surface area contributed by atoms with E-state index in [0.29, 0.717) is 0 Å². The number of hydrogen-bond acceptors (Lipinski definition) is 2. The summed E-state index contributed by atoms with van der Waals surface area (Å²) < 4.78 is 5.45. The minimum atomic E-state index is 0.764. The first-order valence-electron chi connectivity index (χ1n) is 5.12. The van der Waals surface area contributed by atoms with Crippen molar-refractivity contribution >= 4 is 12.0 Å². The number of aryl methyl sites for hydroxylation is 1. The Morgan fingerprint density at radius 2 is 2.00 bits per heavy atom. The maximum atomic E-state index is 5.45. The highest BCUT2D eigenvalue weighted by atomic mass is 32.2. The zero-order valence-electron chi connectivity index (χ0n) is 9.03. The van der Waals surface area contributed by atoms with Gasteiger partial charge >= 0.3 is 0 Å². The van der Waals surface area contributed by atoms with E-state index in [9.17, 15) is 0 Å². The minimum absolute atomic E-state index is 0.764. The van der Waals surface area contributed by atoms with Crippen LogP contribution in [0.4, 0.5) is 0 Å². The van der Waals surface area contributed by atoms with Gasteiger partial charge in [-0.1, -0.05) is 17.7 Å². The van der Waals surface area contributed by atoms with E-state index in [4.69, 9.17) is 10.6 Å². The zero-order chi connectivity index (χ0) is 10.9. The van der Waals surface area contributed by atoms with Crippen LogP contribution in [0.1, 0.15) is 24.8 Å². The van der Waals surface area contributed by atoms with Gasteiger partial charge in [-0.05, 0) is 31.9 Å². The monoisotopic (exact) mass is 220 g/mol. The molecule has 0 saturated carbocycles. The molecule has 1 rings (SSSR count). The Morgan fingerprint density at radius 3 is 2.67 bits per heavy atom. The van der Waals surface area contributed by atoms with Crippen molar-refractivity contribution < 1.29 is 4.18 Å². The number of unbranched alkanes of at least 4 members (excludes halogenated alkanes) is 2. The van der Waals surface area contributed by atoms with E-state index in [0.717, 1.165) is 30.8 Å². The molecule has 15 heavy (non-hydrogen) atoms. The van der Waals surface area contributed by atoms with Crippen LogP contribution in [-0.2, 0) is 4.18 Å². The van der Waals surface area contributed by atoms with Gasteiger partial charge in [-0.2, -0.15) is 0 Å². The second-order valence-electron chi connectivity index (χ2n) is 3.38. The minimum Gasteiger partial charge on any atom is -0.310 e. The summed E-state index contributed by atoms with van der Waals surface area (Å²) >= 11 is 1.44. The lowest BCUT2D eigenvalue weighted by molar-refractivity contribution is 0.360. The van der Waals surface area contributed by atoms with E-state index >= 15 is 0 Å². The second-order valence-corrected chi connectivity index (χ2v) is 4.25. The number of terminal acetylenes is 1. The van der Waals surface area contributed by atoms with Gasteiger partial charge in [0.05, 0.1) is 6.61 Å². The molecule has 0 fully saturated rings. The molecule has 0 aliphatic carbocycles.